The molecule has 1 aromatic carbocycles. The van der Waals surface area contributed by atoms with Crippen molar-refractivity contribution in [3.63, 3.8) is 0 Å². The first-order chi connectivity index (χ1) is 10.9. The molecule has 2 aromatic heterocycles. The number of anilines is 1. The standard InChI is InChI=1S/C15H15FN4O2S/c1-10(2)20-15-11(8-18-20)6-13(9-17-15)19-23(21,22)14-5-3-4-12(16)7-14/h3-10,19H,1-2H3. The number of hydrogen-bond acceptors (Lipinski definition) is 4. The molecule has 3 rings (SSSR count). The zero-order chi connectivity index (χ0) is 16.6. The number of pyridine rings is 1. The van der Waals surface area contributed by atoms with Crippen LogP contribution in [0.2, 0.25) is 0 Å². The number of nitrogens with one attached hydrogen (secondary N) is 1. The molecule has 6 nitrogen and oxygen atoms in total. The number of benzene rings is 1. The van der Waals surface area contributed by atoms with Crippen molar-refractivity contribution < 1.29 is 12.8 Å². The quantitative estimate of drug-likeness (QED) is 0.796. The van der Waals surface area contributed by atoms with Gasteiger partial charge in [-0.15, -0.1) is 0 Å². The Morgan fingerprint density at radius 3 is 2.70 bits per heavy atom. The summed E-state index contributed by atoms with van der Waals surface area (Å²) in [6.07, 6.45) is 3.04. The fourth-order valence-electron chi connectivity index (χ4n) is 2.22. The van der Waals surface area contributed by atoms with E-state index < -0.39 is 15.8 Å². The van der Waals surface area contributed by atoms with E-state index >= 15 is 0 Å². The first kappa shape index (κ1) is 15.4. The largest absolute Gasteiger partial charge is 0.278 e. The molecule has 0 unspecified atom stereocenters. The average molecular weight is 334 g/mol. The van der Waals surface area contributed by atoms with Crippen molar-refractivity contribution in [1.82, 2.24) is 14.8 Å². The van der Waals surface area contributed by atoms with Gasteiger partial charge in [-0.1, -0.05) is 6.07 Å². The van der Waals surface area contributed by atoms with Crippen LogP contribution in [-0.4, -0.2) is 23.2 Å². The molecule has 0 radical (unpaired) electrons. The third-order valence-electron chi connectivity index (χ3n) is 3.28. The molecule has 0 aliphatic heterocycles. The van der Waals surface area contributed by atoms with E-state index in [-0.39, 0.29) is 10.9 Å². The third kappa shape index (κ3) is 3.02. The summed E-state index contributed by atoms with van der Waals surface area (Å²) in [4.78, 5) is 4.11. The van der Waals surface area contributed by atoms with Crippen molar-refractivity contribution in [3.8, 4) is 0 Å². The van der Waals surface area contributed by atoms with E-state index in [1.54, 1.807) is 16.9 Å². The lowest BCUT2D eigenvalue weighted by atomic mass is 10.3. The molecule has 0 atom stereocenters. The van der Waals surface area contributed by atoms with Crippen molar-refractivity contribution in [3.05, 3.63) is 48.5 Å². The first-order valence-electron chi connectivity index (χ1n) is 6.98. The minimum absolute atomic E-state index is 0.143. The zero-order valence-corrected chi connectivity index (χ0v) is 13.4. The van der Waals surface area contributed by atoms with E-state index in [9.17, 15) is 12.8 Å². The van der Waals surface area contributed by atoms with Gasteiger partial charge in [0.1, 0.15) is 5.82 Å². The molecule has 120 valence electrons. The molecule has 0 saturated heterocycles. The van der Waals surface area contributed by atoms with Crippen molar-refractivity contribution in [2.45, 2.75) is 24.8 Å². The highest BCUT2D eigenvalue weighted by Gasteiger charge is 2.16. The molecule has 0 spiro atoms. The summed E-state index contributed by atoms with van der Waals surface area (Å²) < 4.78 is 41.9. The molecule has 8 heteroatoms. The minimum Gasteiger partial charge on any atom is -0.278 e. The highest BCUT2D eigenvalue weighted by atomic mass is 32.2. The maximum atomic E-state index is 13.2. The molecule has 0 fully saturated rings. The topological polar surface area (TPSA) is 76.9 Å². The molecule has 0 bridgehead atoms. The Morgan fingerprint density at radius 2 is 2.00 bits per heavy atom. The van der Waals surface area contributed by atoms with Gasteiger partial charge in [0.15, 0.2) is 5.65 Å². The molecule has 1 N–H and O–H groups in total. The predicted molar refractivity (Wildman–Crippen MR) is 85.1 cm³/mol. The maximum absolute atomic E-state index is 13.2. The van der Waals surface area contributed by atoms with E-state index in [2.05, 4.69) is 14.8 Å². The fraction of sp³-hybridized carbons (Fsp3) is 0.200. The monoisotopic (exact) mass is 334 g/mol. The number of aromatic nitrogens is 3. The first-order valence-corrected chi connectivity index (χ1v) is 8.47. The summed E-state index contributed by atoms with van der Waals surface area (Å²) in [7, 11) is -3.87. The second kappa shape index (κ2) is 5.62. The summed E-state index contributed by atoms with van der Waals surface area (Å²) in [6.45, 7) is 3.96. The van der Waals surface area contributed by atoms with Crippen LogP contribution >= 0.6 is 0 Å². The number of hydrogen-bond donors (Lipinski definition) is 1. The second-order valence-electron chi connectivity index (χ2n) is 5.38. The number of sulfonamides is 1. The van der Waals surface area contributed by atoms with Crippen LogP contribution in [0, 0.1) is 5.82 Å². The van der Waals surface area contributed by atoms with Crippen molar-refractivity contribution in [2.75, 3.05) is 4.72 Å². The van der Waals surface area contributed by atoms with Gasteiger partial charge in [-0.2, -0.15) is 5.10 Å². The Balaban J connectivity index is 1.95. The van der Waals surface area contributed by atoms with Gasteiger partial charge in [0.05, 0.1) is 23.0 Å². The van der Waals surface area contributed by atoms with Crippen LogP contribution < -0.4 is 4.72 Å². The molecule has 0 aliphatic rings. The van der Waals surface area contributed by atoms with Crippen molar-refractivity contribution in [1.29, 1.82) is 0 Å². The Morgan fingerprint density at radius 1 is 1.22 bits per heavy atom. The summed E-state index contributed by atoms with van der Waals surface area (Å²) in [5, 5.41) is 4.95. The average Bonchev–Trinajstić information content (AvgIpc) is 2.90. The Bertz CT molecular complexity index is 967. The molecular formula is C15H15FN4O2S. The Labute approximate surface area is 133 Å². The normalized spacial score (nSPS) is 12.0. The molecule has 0 aliphatic carbocycles. The van der Waals surface area contributed by atoms with Gasteiger partial charge in [-0.3, -0.25) is 4.72 Å². The molecule has 0 saturated carbocycles. The lowest BCUT2D eigenvalue weighted by molar-refractivity contribution is 0.546. The number of halogens is 1. The van der Waals surface area contributed by atoms with Gasteiger partial charge >= 0.3 is 0 Å². The van der Waals surface area contributed by atoms with Crippen LogP contribution in [0.3, 0.4) is 0 Å². The maximum Gasteiger partial charge on any atom is 0.262 e. The van der Waals surface area contributed by atoms with Crippen molar-refractivity contribution >= 4 is 26.7 Å². The number of nitrogens with zero attached hydrogens (tertiary/aromatic N) is 3. The lowest BCUT2D eigenvalue weighted by Gasteiger charge is -2.09. The Kier molecular flexibility index (Phi) is 3.77. The molecule has 23 heavy (non-hydrogen) atoms. The van der Waals surface area contributed by atoms with E-state index in [4.69, 9.17) is 0 Å². The molecule has 0 amide bonds. The lowest BCUT2D eigenvalue weighted by Crippen LogP contribution is -2.13. The van der Waals surface area contributed by atoms with Crippen molar-refractivity contribution in [2.24, 2.45) is 0 Å². The van der Waals surface area contributed by atoms with E-state index in [0.717, 1.165) is 11.5 Å². The van der Waals surface area contributed by atoms with Crippen LogP contribution in [0.1, 0.15) is 19.9 Å². The molecule has 3 aromatic rings. The third-order valence-corrected chi connectivity index (χ3v) is 4.66. The molecule has 2 heterocycles. The van der Waals surface area contributed by atoms with E-state index in [1.165, 1.54) is 24.4 Å². The van der Waals surface area contributed by atoms with Gasteiger partial charge in [0.25, 0.3) is 10.0 Å². The fourth-order valence-corrected chi connectivity index (χ4v) is 3.29. The minimum atomic E-state index is -3.87. The van der Waals surface area contributed by atoms with Gasteiger partial charge in [0, 0.05) is 11.4 Å². The van der Waals surface area contributed by atoms with Gasteiger partial charge in [-0.25, -0.2) is 22.5 Å². The van der Waals surface area contributed by atoms with Gasteiger partial charge in [0.2, 0.25) is 0 Å². The highest BCUT2D eigenvalue weighted by molar-refractivity contribution is 7.92. The van der Waals surface area contributed by atoms with Crippen LogP contribution in [0.5, 0.6) is 0 Å². The summed E-state index contributed by atoms with van der Waals surface area (Å²) in [5.74, 6) is -0.611. The smallest absolute Gasteiger partial charge is 0.262 e. The summed E-state index contributed by atoms with van der Waals surface area (Å²) in [5.41, 5.74) is 0.971. The molecular weight excluding hydrogens is 319 g/mol. The number of rotatable bonds is 4. The summed E-state index contributed by atoms with van der Waals surface area (Å²) >= 11 is 0. The van der Waals surface area contributed by atoms with Gasteiger partial charge in [-0.05, 0) is 38.1 Å². The SMILES string of the molecule is CC(C)n1ncc2cc(NS(=O)(=O)c3cccc(F)c3)cnc21. The van der Waals surface area contributed by atoms with Crippen LogP contribution in [0.25, 0.3) is 11.0 Å². The second-order valence-corrected chi connectivity index (χ2v) is 7.06. The summed E-state index contributed by atoms with van der Waals surface area (Å²) in [6, 6.07) is 6.62. The highest BCUT2D eigenvalue weighted by Crippen LogP contribution is 2.21. The van der Waals surface area contributed by atoms with Crippen LogP contribution in [-0.2, 0) is 10.0 Å². The van der Waals surface area contributed by atoms with Gasteiger partial charge < -0.3 is 0 Å². The Hall–Kier alpha value is -2.48. The zero-order valence-electron chi connectivity index (χ0n) is 12.6. The van der Waals surface area contributed by atoms with Crippen LogP contribution in [0.4, 0.5) is 10.1 Å². The number of fused-ring (bicyclic) bond motifs is 1. The van der Waals surface area contributed by atoms with E-state index in [1.807, 2.05) is 13.8 Å². The van der Waals surface area contributed by atoms with E-state index in [0.29, 0.717) is 11.3 Å². The van der Waals surface area contributed by atoms with Crippen LogP contribution in [0.15, 0.2) is 47.6 Å². The predicted octanol–water partition coefficient (Wildman–Crippen LogP) is 2.95.